The molecule has 1 aromatic carbocycles. The van der Waals surface area contributed by atoms with Crippen LogP contribution >= 0.6 is 0 Å². The van der Waals surface area contributed by atoms with Gasteiger partial charge in [-0.3, -0.25) is 0 Å². The Kier molecular flexibility index (Phi) is 4.58. The van der Waals surface area contributed by atoms with E-state index < -0.39 is 10.0 Å². The summed E-state index contributed by atoms with van der Waals surface area (Å²) in [5.41, 5.74) is 1.78. The van der Waals surface area contributed by atoms with Crippen molar-refractivity contribution in [2.75, 3.05) is 26.3 Å². The number of rotatable bonds is 4. The van der Waals surface area contributed by atoms with Crippen molar-refractivity contribution in [3.8, 4) is 0 Å². The van der Waals surface area contributed by atoms with Crippen LogP contribution in [-0.2, 0) is 21.3 Å². The van der Waals surface area contributed by atoms with Gasteiger partial charge in [0.15, 0.2) is 5.65 Å². The van der Waals surface area contributed by atoms with Crippen LogP contribution in [0.3, 0.4) is 0 Å². The molecule has 3 heterocycles. The zero-order chi connectivity index (χ0) is 19.0. The zero-order valence-corrected chi connectivity index (χ0v) is 15.7. The van der Waals surface area contributed by atoms with E-state index in [2.05, 4.69) is 5.10 Å². The summed E-state index contributed by atoms with van der Waals surface area (Å²) in [4.78, 5) is 12.7. The van der Waals surface area contributed by atoms with Gasteiger partial charge in [-0.25, -0.2) is 22.3 Å². The summed E-state index contributed by atoms with van der Waals surface area (Å²) in [6, 6.07) is 10.8. The van der Waals surface area contributed by atoms with E-state index in [-0.39, 0.29) is 35.9 Å². The molecule has 9 heteroatoms. The van der Waals surface area contributed by atoms with Gasteiger partial charge < -0.3 is 4.74 Å². The SMILES string of the molecule is Cc1cccc(Cn2nc3c(S(=O)(=O)N4CCOCC4)cccn3c2=O)c1. The van der Waals surface area contributed by atoms with E-state index in [0.29, 0.717) is 13.2 Å². The minimum atomic E-state index is -3.75. The highest BCUT2D eigenvalue weighted by Crippen LogP contribution is 2.20. The molecule has 0 radical (unpaired) electrons. The first-order valence-corrected chi connectivity index (χ1v) is 10.1. The van der Waals surface area contributed by atoms with Gasteiger partial charge in [-0.05, 0) is 24.6 Å². The Balaban J connectivity index is 1.79. The third-order valence-corrected chi connectivity index (χ3v) is 6.50. The maximum absolute atomic E-state index is 13.0. The largest absolute Gasteiger partial charge is 0.379 e. The van der Waals surface area contributed by atoms with Gasteiger partial charge in [0.05, 0.1) is 19.8 Å². The third-order valence-electron chi connectivity index (χ3n) is 4.58. The van der Waals surface area contributed by atoms with E-state index in [0.717, 1.165) is 11.1 Å². The Labute approximate surface area is 156 Å². The first kappa shape index (κ1) is 17.9. The van der Waals surface area contributed by atoms with E-state index in [1.165, 1.54) is 25.7 Å². The van der Waals surface area contributed by atoms with Gasteiger partial charge in [-0.2, -0.15) is 4.31 Å². The first-order chi connectivity index (χ1) is 13.0. The molecular formula is C18H20N4O4S. The molecule has 1 fully saturated rings. The molecule has 27 heavy (non-hydrogen) atoms. The van der Waals surface area contributed by atoms with Crippen LogP contribution in [0.1, 0.15) is 11.1 Å². The Morgan fingerprint density at radius 2 is 1.93 bits per heavy atom. The van der Waals surface area contributed by atoms with E-state index in [1.807, 2.05) is 31.2 Å². The Morgan fingerprint density at radius 3 is 2.67 bits per heavy atom. The average Bonchev–Trinajstić information content (AvgIpc) is 2.98. The van der Waals surface area contributed by atoms with Crippen molar-refractivity contribution in [2.45, 2.75) is 18.4 Å². The number of nitrogens with zero attached hydrogens (tertiary/aromatic N) is 4. The Hall–Kier alpha value is -2.49. The lowest BCUT2D eigenvalue weighted by Crippen LogP contribution is -2.40. The molecule has 8 nitrogen and oxygen atoms in total. The maximum Gasteiger partial charge on any atom is 0.350 e. The minimum absolute atomic E-state index is 0.0343. The fourth-order valence-electron chi connectivity index (χ4n) is 3.23. The van der Waals surface area contributed by atoms with Crippen LogP contribution in [0.2, 0.25) is 0 Å². The molecule has 142 valence electrons. The van der Waals surface area contributed by atoms with Gasteiger partial charge in [-0.1, -0.05) is 29.8 Å². The summed E-state index contributed by atoms with van der Waals surface area (Å²) in [5.74, 6) is 0. The summed E-state index contributed by atoms with van der Waals surface area (Å²) in [5, 5.41) is 4.33. The summed E-state index contributed by atoms with van der Waals surface area (Å²) in [7, 11) is -3.75. The Morgan fingerprint density at radius 1 is 1.15 bits per heavy atom. The van der Waals surface area contributed by atoms with Crippen LogP contribution in [-0.4, -0.2) is 53.2 Å². The number of sulfonamides is 1. The molecule has 0 bridgehead atoms. The molecule has 1 saturated heterocycles. The number of benzene rings is 1. The van der Waals surface area contributed by atoms with Crippen molar-refractivity contribution < 1.29 is 13.2 Å². The van der Waals surface area contributed by atoms with Gasteiger partial charge in [0.1, 0.15) is 4.90 Å². The average molecular weight is 388 g/mol. The molecule has 0 amide bonds. The molecule has 0 saturated carbocycles. The highest BCUT2D eigenvalue weighted by atomic mass is 32.2. The molecule has 0 unspecified atom stereocenters. The second kappa shape index (κ2) is 6.91. The number of morpholine rings is 1. The molecule has 1 aliphatic heterocycles. The second-order valence-electron chi connectivity index (χ2n) is 6.51. The van der Waals surface area contributed by atoms with E-state index in [9.17, 15) is 13.2 Å². The van der Waals surface area contributed by atoms with Crippen LogP contribution < -0.4 is 5.69 Å². The standard InChI is InChI=1S/C18H20N4O4S/c1-14-4-2-5-15(12-14)13-22-18(23)21-7-3-6-16(17(21)19-22)27(24,25)20-8-10-26-11-9-20/h2-7,12H,8-11,13H2,1H3. The minimum Gasteiger partial charge on any atom is -0.379 e. The number of aromatic nitrogens is 3. The molecule has 0 N–H and O–H groups in total. The van der Waals surface area contributed by atoms with Crippen molar-refractivity contribution in [1.29, 1.82) is 0 Å². The normalized spacial score (nSPS) is 16.0. The Bertz CT molecular complexity index is 1140. The summed E-state index contributed by atoms with van der Waals surface area (Å²) in [6.07, 6.45) is 1.54. The molecule has 1 aliphatic rings. The fraction of sp³-hybridized carbons (Fsp3) is 0.333. The summed E-state index contributed by atoms with van der Waals surface area (Å²) in [6.45, 7) is 3.55. The van der Waals surface area contributed by atoms with Crippen molar-refractivity contribution in [3.05, 3.63) is 64.2 Å². The summed E-state index contributed by atoms with van der Waals surface area (Å²) >= 11 is 0. The quantitative estimate of drug-likeness (QED) is 0.662. The molecule has 0 atom stereocenters. The highest BCUT2D eigenvalue weighted by molar-refractivity contribution is 7.89. The smallest absolute Gasteiger partial charge is 0.350 e. The molecular weight excluding hydrogens is 368 g/mol. The lowest BCUT2D eigenvalue weighted by atomic mass is 10.1. The van der Waals surface area contributed by atoms with Gasteiger partial charge in [0, 0.05) is 19.3 Å². The van der Waals surface area contributed by atoms with Crippen LogP contribution in [0, 0.1) is 6.92 Å². The lowest BCUT2D eigenvalue weighted by molar-refractivity contribution is 0.0730. The molecule has 4 rings (SSSR count). The number of ether oxygens (including phenoxy) is 1. The number of hydrogen-bond acceptors (Lipinski definition) is 5. The van der Waals surface area contributed by atoms with Crippen molar-refractivity contribution >= 4 is 15.7 Å². The first-order valence-electron chi connectivity index (χ1n) is 8.68. The lowest BCUT2D eigenvalue weighted by Gasteiger charge is -2.25. The van der Waals surface area contributed by atoms with Crippen LogP contribution in [0.15, 0.2) is 52.3 Å². The van der Waals surface area contributed by atoms with Gasteiger partial charge in [-0.15, -0.1) is 5.10 Å². The molecule has 0 aliphatic carbocycles. The number of fused-ring (bicyclic) bond motifs is 1. The number of hydrogen-bond donors (Lipinski definition) is 0. The fourth-order valence-corrected chi connectivity index (χ4v) is 4.76. The third kappa shape index (κ3) is 3.29. The molecule has 3 aromatic rings. The van der Waals surface area contributed by atoms with Crippen LogP contribution in [0.4, 0.5) is 0 Å². The van der Waals surface area contributed by atoms with Crippen molar-refractivity contribution in [2.24, 2.45) is 0 Å². The number of pyridine rings is 1. The van der Waals surface area contributed by atoms with E-state index in [4.69, 9.17) is 4.74 Å². The predicted molar refractivity (Wildman–Crippen MR) is 99.3 cm³/mol. The second-order valence-corrected chi connectivity index (χ2v) is 8.42. The van der Waals surface area contributed by atoms with Crippen LogP contribution in [0.25, 0.3) is 5.65 Å². The zero-order valence-electron chi connectivity index (χ0n) is 14.9. The van der Waals surface area contributed by atoms with Crippen LogP contribution in [0.5, 0.6) is 0 Å². The maximum atomic E-state index is 13.0. The van der Waals surface area contributed by atoms with Gasteiger partial charge in [0.25, 0.3) is 0 Å². The van der Waals surface area contributed by atoms with E-state index >= 15 is 0 Å². The topological polar surface area (TPSA) is 85.9 Å². The van der Waals surface area contributed by atoms with Gasteiger partial charge >= 0.3 is 5.69 Å². The van der Waals surface area contributed by atoms with Gasteiger partial charge in [0.2, 0.25) is 10.0 Å². The summed E-state index contributed by atoms with van der Waals surface area (Å²) < 4.78 is 35.2. The number of aryl methyl sites for hydroxylation is 1. The monoisotopic (exact) mass is 388 g/mol. The van der Waals surface area contributed by atoms with E-state index in [1.54, 1.807) is 6.07 Å². The van der Waals surface area contributed by atoms with Crippen molar-refractivity contribution in [1.82, 2.24) is 18.5 Å². The highest BCUT2D eigenvalue weighted by Gasteiger charge is 2.29. The predicted octanol–water partition coefficient (Wildman–Crippen LogP) is 0.874. The molecule has 2 aromatic heterocycles. The van der Waals surface area contributed by atoms with Crippen molar-refractivity contribution in [3.63, 3.8) is 0 Å². The molecule has 0 spiro atoms.